The van der Waals surface area contributed by atoms with Crippen LogP contribution in [0.25, 0.3) is 0 Å². The first-order chi connectivity index (χ1) is 6.79. The lowest BCUT2D eigenvalue weighted by Gasteiger charge is -1.96. The molecule has 3 nitrogen and oxygen atoms in total. The minimum atomic E-state index is -0.0585. The van der Waals surface area contributed by atoms with Gasteiger partial charge < -0.3 is 0 Å². The molecule has 0 bridgehead atoms. The largest absolute Gasteiger partial charge is 0.287 e. The van der Waals surface area contributed by atoms with Gasteiger partial charge in [-0.25, -0.2) is 0 Å². The monoisotopic (exact) mass is 204 g/mol. The molecule has 1 heterocycles. The van der Waals surface area contributed by atoms with Crippen molar-refractivity contribution in [3.05, 3.63) is 46.5 Å². The number of carbonyl (C=O) groups excluding carboxylic acids is 1. The molecule has 1 aromatic heterocycles. The zero-order valence-electron chi connectivity index (χ0n) is 7.60. The van der Waals surface area contributed by atoms with Gasteiger partial charge in [0.1, 0.15) is 5.69 Å². The van der Waals surface area contributed by atoms with E-state index in [1.165, 1.54) is 11.5 Å². The van der Waals surface area contributed by atoms with Crippen molar-refractivity contribution >= 4 is 17.3 Å². The normalized spacial score (nSPS) is 10.1. The van der Waals surface area contributed by atoms with Gasteiger partial charge in [-0.15, -0.1) is 5.10 Å². The lowest BCUT2D eigenvalue weighted by molar-refractivity contribution is 0.103. The maximum Gasteiger partial charge on any atom is 0.214 e. The number of aromatic nitrogens is 2. The topological polar surface area (TPSA) is 42.9 Å². The summed E-state index contributed by atoms with van der Waals surface area (Å²) in [5.41, 5.74) is 1.12. The third kappa shape index (κ3) is 1.56. The van der Waals surface area contributed by atoms with Crippen LogP contribution in [-0.2, 0) is 0 Å². The lowest BCUT2D eigenvalue weighted by atomic mass is 10.1. The highest BCUT2D eigenvalue weighted by atomic mass is 32.1. The molecule has 0 aliphatic rings. The Morgan fingerprint density at radius 2 is 2.00 bits per heavy atom. The summed E-state index contributed by atoms with van der Waals surface area (Å²) in [6.45, 7) is 1.85. The SMILES string of the molecule is Cc1snnc1C(=O)c1ccccc1. The number of aryl methyl sites for hydroxylation is 1. The summed E-state index contributed by atoms with van der Waals surface area (Å²) in [5, 5.41) is 3.81. The highest BCUT2D eigenvalue weighted by Gasteiger charge is 2.14. The van der Waals surface area contributed by atoms with Gasteiger partial charge in [0, 0.05) is 5.56 Å². The van der Waals surface area contributed by atoms with Crippen molar-refractivity contribution < 1.29 is 4.79 Å². The van der Waals surface area contributed by atoms with Crippen molar-refractivity contribution in [2.24, 2.45) is 0 Å². The van der Waals surface area contributed by atoms with Gasteiger partial charge in [-0.3, -0.25) is 4.79 Å². The fourth-order valence-corrected chi connectivity index (χ4v) is 1.63. The number of carbonyl (C=O) groups is 1. The summed E-state index contributed by atoms with van der Waals surface area (Å²) in [4.78, 5) is 12.7. The van der Waals surface area contributed by atoms with Gasteiger partial charge in [-0.1, -0.05) is 34.8 Å². The predicted molar refractivity (Wildman–Crippen MR) is 54.5 cm³/mol. The molecule has 0 saturated carbocycles. The first-order valence-corrected chi connectivity index (χ1v) is 4.95. The van der Waals surface area contributed by atoms with Crippen LogP contribution in [-0.4, -0.2) is 15.4 Å². The summed E-state index contributed by atoms with van der Waals surface area (Å²) < 4.78 is 3.74. The average Bonchev–Trinajstić information content (AvgIpc) is 2.65. The van der Waals surface area contributed by atoms with E-state index in [4.69, 9.17) is 0 Å². The fourth-order valence-electron chi connectivity index (χ4n) is 1.17. The molecule has 0 amide bonds. The van der Waals surface area contributed by atoms with E-state index in [1.54, 1.807) is 12.1 Å². The van der Waals surface area contributed by atoms with E-state index in [9.17, 15) is 4.79 Å². The van der Waals surface area contributed by atoms with E-state index in [2.05, 4.69) is 9.59 Å². The summed E-state index contributed by atoms with van der Waals surface area (Å²) in [7, 11) is 0. The summed E-state index contributed by atoms with van der Waals surface area (Å²) in [5.74, 6) is -0.0585. The molecule has 2 aromatic rings. The van der Waals surface area contributed by atoms with Crippen LogP contribution in [0.1, 0.15) is 20.9 Å². The molecule has 70 valence electrons. The first kappa shape index (κ1) is 9.02. The standard InChI is InChI=1S/C10H8N2OS/c1-7-9(11-12-14-7)10(13)8-5-3-2-4-6-8/h2-6H,1H3. The molecule has 2 rings (SSSR count). The molecule has 0 aliphatic carbocycles. The van der Waals surface area contributed by atoms with Gasteiger partial charge >= 0.3 is 0 Å². The minimum absolute atomic E-state index is 0.0585. The number of ketones is 1. The zero-order valence-corrected chi connectivity index (χ0v) is 8.41. The molecule has 0 unspecified atom stereocenters. The van der Waals surface area contributed by atoms with Gasteiger partial charge in [0.05, 0.1) is 4.88 Å². The molecule has 0 atom stereocenters. The Labute approximate surface area is 85.6 Å². The second-order valence-electron chi connectivity index (χ2n) is 2.87. The van der Waals surface area contributed by atoms with Crippen LogP contribution < -0.4 is 0 Å². The molecule has 0 fully saturated rings. The smallest absolute Gasteiger partial charge is 0.214 e. The molecule has 0 N–H and O–H groups in total. The summed E-state index contributed by atoms with van der Waals surface area (Å²) in [6, 6.07) is 9.11. The van der Waals surface area contributed by atoms with E-state index < -0.39 is 0 Å². The summed E-state index contributed by atoms with van der Waals surface area (Å²) in [6.07, 6.45) is 0. The van der Waals surface area contributed by atoms with Crippen LogP contribution in [0.2, 0.25) is 0 Å². The van der Waals surface area contributed by atoms with Crippen LogP contribution >= 0.6 is 11.5 Å². The van der Waals surface area contributed by atoms with E-state index in [0.29, 0.717) is 11.3 Å². The highest BCUT2D eigenvalue weighted by molar-refractivity contribution is 7.05. The number of hydrogen-bond donors (Lipinski definition) is 0. The molecule has 0 spiro atoms. The third-order valence-corrected chi connectivity index (χ3v) is 2.53. The minimum Gasteiger partial charge on any atom is -0.287 e. The second kappa shape index (κ2) is 3.67. The second-order valence-corrected chi connectivity index (χ2v) is 3.83. The third-order valence-electron chi connectivity index (χ3n) is 1.90. The number of hydrogen-bond acceptors (Lipinski definition) is 4. The molecular formula is C10H8N2OS. The van der Waals surface area contributed by atoms with Crippen LogP contribution in [0, 0.1) is 6.92 Å². The molecule has 0 saturated heterocycles. The van der Waals surface area contributed by atoms with Gasteiger partial charge in [0.25, 0.3) is 0 Å². The molecule has 1 aromatic carbocycles. The fraction of sp³-hybridized carbons (Fsp3) is 0.100. The highest BCUT2D eigenvalue weighted by Crippen LogP contribution is 2.13. The Bertz CT molecular complexity index is 450. The molecule has 0 radical (unpaired) electrons. The van der Waals surface area contributed by atoms with Crippen molar-refractivity contribution in [2.75, 3.05) is 0 Å². The van der Waals surface area contributed by atoms with E-state index in [1.807, 2.05) is 25.1 Å². The Morgan fingerprint density at radius 1 is 1.29 bits per heavy atom. The predicted octanol–water partition coefficient (Wildman–Crippen LogP) is 2.08. The maximum absolute atomic E-state index is 11.8. The number of rotatable bonds is 2. The van der Waals surface area contributed by atoms with Gasteiger partial charge in [-0.2, -0.15) is 0 Å². The molecule has 0 aliphatic heterocycles. The van der Waals surface area contributed by atoms with Gasteiger partial charge in [0.2, 0.25) is 5.78 Å². The molecule has 4 heteroatoms. The Balaban J connectivity index is 2.39. The number of benzene rings is 1. The maximum atomic E-state index is 11.8. The van der Waals surface area contributed by atoms with Crippen LogP contribution in [0.5, 0.6) is 0 Å². The van der Waals surface area contributed by atoms with Crippen LogP contribution in [0.3, 0.4) is 0 Å². The average molecular weight is 204 g/mol. The summed E-state index contributed by atoms with van der Waals surface area (Å²) >= 11 is 1.25. The van der Waals surface area contributed by atoms with E-state index >= 15 is 0 Å². The molecule has 14 heavy (non-hydrogen) atoms. The number of nitrogens with zero attached hydrogens (tertiary/aromatic N) is 2. The first-order valence-electron chi connectivity index (χ1n) is 4.18. The van der Waals surface area contributed by atoms with Gasteiger partial charge in [0.15, 0.2) is 0 Å². The van der Waals surface area contributed by atoms with Crippen molar-refractivity contribution in [1.29, 1.82) is 0 Å². The van der Waals surface area contributed by atoms with Crippen molar-refractivity contribution in [1.82, 2.24) is 9.59 Å². The van der Waals surface area contributed by atoms with Crippen LogP contribution in [0.15, 0.2) is 30.3 Å². The Kier molecular flexibility index (Phi) is 2.37. The zero-order chi connectivity index (χ0) is 9.97. The molecular weight excluding hydrogens is 196 g/mol. The van der Waals surface area contributed by atoms with Crippen LogP contribution in [0.4, 0.5) is 0 Å². The van der Waals surface area contributed by atoms with E-state index in [0.717, 1.165) is 4.88 Å². The Morgan fingerprint density at radius 3 is 2.57 bits per heavy atom. The lowest BCUT2D eigenvalue weighted by Crippen LogP contribution is -2.03. The Hall–Kier alpha value is -1.55. The van der Waals surface area contributed by atoms with Gasteiger partial charge in [-0.05, 0) is 18.5 Å². The van der Waals surface area contributed by atoms with Crippen molar-refractivity contribution in [3.8, 4) is 0 Å². The van der Waals surface area contributed by atoms with E-state index in [-0.39, 0.29) is 5.78 Å². The van der Waals surface area contributed by atoms with Crippen molar-refractivity contribution in [3.63, 3.8) is 0 Å². The van der Waals surface area contributed by atoms with Crippen molar-refractivity contribution in [2.45, 2.75) is 6.92 Å². The quantitative estimate of drug-likeness (QED) is 0.703.